The third-order valence-corrected chi connectivity index (χ3v) is 5.00. The molecule has 0 aromatic heterocycles. The maximum Gasteiger partial charge on any atom is 0.215 e. The van der Waals surface area contributed by atoms with Crippen molar-refractivity contribution in [3.05, 3.63) is 35.9 Å². The summed E-state index contributed by atoms with van der Waals surface area (Å²) in [6, 6.07) is 9.08. The van der Waals surface area contributed by atoms with Crippen LogP contribution in [0.5, 0.6) is 0 Å². The second-order valence-electron chi connectivity index (χ2n) is 4.93. The molecular formula is C14H23NO3S. The van der Waals surface area contributed by atoms with Crippen molar-refractivity contribution in [1.29, 1.82) is 0 Å². The van der Waals surface area contributed by atoms with E-state index in [4.69, 9.17) is 0 Å². The van der Waals surface area contributed by atoms with Crippen LogP contribution in [0.1, 0.15) is 32.3 Å². The molecule has 19 heavy (non-hydrogen) atoms. The van der Waals surface area contributed by atoms with Crippen molar-refractivity contribution in [1.82, 2.24) is 4.72 Å². The van der Waals surface area contributed by atoms with E-state index in [1.54, 1.807) is 12.1 Å². The molecule has 0 heterocycles. The second-order valence-corrected chi connectivity index (χ2v) is 6.74. The number of aliphatic hydroxyl groups is 1. The fraction of sp³-hybridized carbons (Fsp3) is 0.571. The van der Waals surface area contributed by atoms with Gasteiger partial charge in [0.15, 0.2) is 0 Å². The van der Waals surface area contributed by atoms with Gasteiger partial charge in [-0.2, -0.15) is 0 Å². The van der Waals surface area contributed by atoms with Crippen LogP contribution in [0.3, 0.4) is 0 Å². The Hall–Kier alpha value is -0.910. The van der Waals surface area contributed by atoms with E-state index in [0.29, 0.717) is 0 Å². The standard InChI is InChI=1S/C14H23NO3S/c1-3-14(4-2,12-16)11-15-19(17,18)10-13-8-6-5-7-9-13/h5-9,15-16H,3-4,10-12H2,1-2H3. The summed E-state index contributed by atoms with van der Waals surface area (Å²) in [7, 11) is -3.36. The molecule has 5 heteroatoms. The zero-order valence-corrected chi connectivity index (χ0v) is 12.4. The molecule has 2 N–H and O–H groups in total. The molecular weight excluding hydrogens is 262 g/mol. The van der Waals surface area contributed by atoms with Crippen LogP contribution in [-0.4, -0.2) is 26.7 Å². The summed E-state index contributed by atoms with van der Waals surface area (Å²) >= 11 is 0. The lowest BCUT2D eigenvalue weighted by atomic mass is 9.84. The second kappa shape index (κ2) is 7.03. The third kappa shape index (κ3) is 4.93. The minimum absolute atomic E-state index is 0.00609. The molecule has 1 aromatic carbocycles. The molecule has 4 nitrogen and oxygen atoms in total. The average Bonchev–Trinajstić information content (AvgIpc) is 2.41. The van der Waals surface area contributed by atoms with Crippen LogP contribution in [-0.2, 0) is 15.8 Å². The molecule has 0 saturated heterocycles. The average molecular weight is 285 g/mol. The van der Waals surface area contributed by atoms with Crippen molar-refractivity contribution >= 4 is 10.0 Å². The van der Waals surface area contributed by atoms with Crippen LogP contribution in [0.2, 0.25) is 0 Å². The van der Waals surface area contributed by atoms with E-state index in [1.165, 1.54) is 0 Å². The quantitative estimate of drug-likeness (QED) is 0.766. The maximum atomic E-state index is 12.0. The van der Waals surface area contributed by atoms with Crippen molar-refractivity contribution in [2.45, 2.75) is 32.4 Å². The van der Waals surface area contributed by atoms with Crippen LogP contribution in [0.25, 0.3) is 0 Å². The van der Waals surface area contributed by atoms with Gasteiger partial charge in [-0.25, -0.2) is 13.1 Å². The first-order chi connectivity index (χ1) is 8.97. The molecule has 0 saturated carbocycles. The highest BCUT2D eigenvalue weighted by molar-refractivity contribution is 7.88. The molecule has 0 amide bonds. The highest BCUT2D eigenvalue weighted by atomic mass is 32.2. The normalized spacial score (nSPS) is 12.6. The topological polar surface area (TPSA) is 66.4 Å². The Morgan fingerprint density at radius 3 is 2.21 bits per heavy atom. The Morgan fingerprint density at radius 1 is 1.16 bits per heavy atom. The molecule has 0 aliphatic carbocycles. The fourth-order valence-corrected chi connectivity index (χ4v) is 3.15. The summed E-state index contributed by atoms with van der Waals surface area (Å²) in [6.45, 7) is 4.20. The van der Waals surface area contributed by atoms with Crippen LogP contribution >= 0.6 is 0 Å². The summed E-state index contributed by atoms with van der Waals surface area (Å²) in [5.41, 5.74) is 0.404. The lowest BCUT2D eigenvalue weighted by Gasteiger charge is -2.29. The molecule has 0 bridgehead atoms. The summed E-state index contributed by atoms with van der Waals surface area (Å²) in [5, 5.41) is 9.43. The Kier molecular flexibility index (Phi) is 5.97. The van der Waals surface area contributed by atoms with Crippen molar-refractivity contribution in [3.63, 3.8) is 0 Å². The maximum absolute atomic E-state index is 12.0. The van der Waals surface area contributed by atoms with Gasteiger partial charge in [-0.3, -0.25) is 0 Å². The number of hydrogen-bond donors (Lipinski definition) is 2. The van der Waals surface area contributed by atoms with E-state index < -0.39 is 10.0 Å². The Bertz CT molecular complexity index is 458. The van der Waals surface area contributed by atoms with E-state index in [-0.39, 0.29) is 24.3 Å². The SMILES string of the molecule is CCC(CC)(CO)CNS(=O)(=O)Cc1ccccc1. The van der Waals surface area contributed by atoms with Gasteiger partial charge in [0, 0.05) is 18.6 Å². The zero-order valence-electron chi connectivity index (χ0n) is 11.6. The molecule has 108 valence electrons. The third-order valence-electron chi connectivity index (χ3n) is 3.70. The molecule has 0 fully saturated rings. The van der Waals surface area contributed by atoms with Crippen LogP contribution in [0, 0.1) is 5.41 Å². The minimum atomic E-state index is -3.36. The lowest BCUT2D eigenvalue weighted by Crippen LogP contribution is -2.39. The summed E-state index contributed by atoms with van der Waals surface area (Å²) in [5.74, 6) is -0.0250. The molecule has 1 aromatic rings. The largest absolute Gasteiger partial charge is 0.396 e. The Morgan fingerprint density at radius 2 is 1.74 bits per heavy atom. The summed E-state index contributed by atoms with van der Waals surface area (Å²) in [6.07, 6.45) is 1.49. The molecule has 1 rings (SSSR count). The highest BCUT2D eigenvalue weighted by Crippen LogP contribution is 2.24. The molecule has 0 atom stereocenters. The van der Waals surface area contributed by atoms with Gasteiger partial charge in [0.05, 0.1) is 5.75 Å². The first-order valence-electron chi connectivity index (χ1n) is 6.59. The number of rotatable bonds is 8. The van der Waals surface area contributed by atoms with E-state index in [1.807, 2.05) is 32.0 Å². The smallest absolute Gasteiger partial charge is 0.215 e. The van der Waals surface area contributed by atoms with Gasteiger partial charge >= 0.3 is 0 Å². The molecule has 0 spiro atoms. The van der Waals surface area contributed by atoms with Crippen LogP contribution < -0.4 is 4.72 Å². The van der Waals surface area contributed by atoms with Gasteiger partial charge in [-0.15, -0.1) is 0 Å². The van der Waals surface area contributed by atoms with E-state index in [2.05, 4.69) is 4.72 Å². The van der Waals surface area contributed by atoms with Gasteiger partial charge in [0.25, 0.3) is 0 Å². The monoisotopic (exact) mass is 285 g/mol. The van der Waals surface area contributed by atoms with Crippen molar-refractivity contribution in [2.75, 3.05) is 13.2 Å². The van der Waals surface area contributed by atoms with Crippen LogP contribution in [0.15, 0.2) is 30.3 Å². The zero-order chi connectivity index (χ0) is 14.4. The first kappa shape index (κ1) is 16.1. The highest BCUT2D eigenvalue weighted by Gasteiger charge is 2.27. The van der Waals surface area contributed by atoms with Gasteiger partial charge in [0.2, 0.25) is 10.0 Å². The predicted molar refractivity (Wildman–Crippen MR) is 77.2 cm³/mol. The Labute approximate surface area is 115 Å². The van der Waals surface area contributed by atoms with E-state index in [0.717, 1.165) is 18.4 Å². The Balaban J connectivity index is 2.65. The molecule has 0 radical (unpaired) electrons. The lowest BCUT2D eigenvalue weighted by molar-refractivity contribution is 0.119. The first-order valence-corrected chi connectivity index (χ1v) is 8.24. The van der Waals surface area contributed by atoms with Gasteiger partial charge in [-0.05, 0) is 18.4 Å². The summed E-state index contributed by atoms with van der Waals surface area (Å²) in [4.78, 5) is 0. The van der Waals surface area contributed by atoms with Crippen molar-refractivity contribution < 1.29 is 13.5 Å². The van der Waals surface area contributed by atoms with Gasteiger partial charge in [-0.1, -0.05) is 44.2 Å². The van der Waals surface area contributed by atoms with E-state index >= 15 is 0 Å². The van der Waals surface area contributed by atoms with Gasteiger partial charge < -0.3 is 5.11 Å². The molecule has 0 unspecified atom stereocenters. The van der Waals surface area contributed by atoms with Crippen molar-refractivity contribution in [3.8, 4) is 0 Å². The summed E-state index contributed by atoms with van der Waals surface area (Å²) < 4.78 is 26.6. The number of benzene rings is 1. The predicted octanol–water partition coefficient (Wildman–Crippen LogP) is 1.90. The number of sulfonamides is 1. The minimum Gasteiger partial charge on any atom is -0.396 e. The van der Waals surface area contributed by atoms with Gasteiger partial charge in [0.1, 0.15) is 0 Å². The van der Waals surface area contributed by atoms with Crippen LogP contribution in [0.4, 0.5) is 0 Å². The number of aliphatic hydroxyl groups excluding tert-OH is 1. The van der Waals surface area contributed by atoms with Crippen molar-refractivity contribution in [2.24, 2.45) is 5.41 Å². The van der Waals surface area contributed by atoms with E-state index in [9.17, 15) is 13.5 Å². The molecule has 0 aliphatic heterocycles. The molecule has 0 aliphatic rings. The fourth-order valence-electron chi connectivity index (χ4n) is 1.89. The number of nitrogens with one attached hydrogen (secondary N) is 1. The number of hydrogen-bond acceptors (Lipinski definition) is 3.